The van der Waals surface area contributed by atoms with Crippen molar-refractivity contribution < 1.29 is 24.6 Å². The van der Waals surface area contributed by atoms with E-state index < -0.39 is 0 Å². The molecule has 122 valence electrons. The Morgan fingerprint density at radius 1 is 1.04 bits per heavy atom. The van der Waals surface area contributed by atoms with Gasteiger partial charge in [-0.2, -0.15) is 4.57 Å². The van der Waals surface area contributed by atoms with Gasteiger partial charge in [0.05, 0.1) is 18.1 Å². The number of nitrogens with zero attached hydrogens (tertiary/aromatic N) is 1. The molecule has 2 heterocycles. The second-order valence-electron chi connectivity index (χ2n) is 6.12. The summed E-state index contributed by atoms with van der Waals surface area (Å²) in [4.78, 5) is 0. The number of aromatic hydroxyl groups is 3. The van der Waals surface area contributed by atoms with E-state index in [0.29, 0.717) is 5.75 Å². The Kier molecular flexibility index (Phi) is 3.06. The quantitative estimate of drug-likeness (QED) is 0.475. The SMILES string of the molecule is COc1ccc2c(C)c3[n+](cc2c1O)CCc1cc(O)c(O)cc1-3. The number of benzene rings is 2. The first-order valence-electron chi connectivity index (χ1n) is 7.79. The van der Waals surface area contributed by atoms with Crippen LogP contribution < -0.4 is 9.30 Å². The Hall–Kier alpha value is -2.95. The molecule has 1 aromatic heterocycles. The Labute approximate surface area is 139 Å². The predicted octanol–water partition coefficient (Wildman–Crippen LogP) is 2.78. The molecule has 0 aliphatic carbocycles. The van der Waals surface area contributed by atoms with Crippen LogP contribution in [-0.2, 0) is 13.0 Å². The van der Waals surface area contributed by atoms with Crippen molar-refractivity contribution in [2.45, 2.75) is 19.9 Å². The summed E-state index contributed by atoms with van der Waals surface area (Å²) in [6.07, 6.45) is 2.67. The minimum atomic E-state index is -0.126. The Balaban J connectivity index is 2.07. The fourth-order valence-corrected chi connectivity index (χ4v) is 3.60. The molecular formula is C19H18NO4+. The minimum absolute atomic E-state index is 0.0944. The van der Waals surface area contributed by atoms with Crippen LogP contribution in [0.2, 0.25) is 0 Å². The summed E-state index contributed by atoms with van der Waals surface area (Å²) in [6.45, 7) is 2.74. The highest BCUT2D eigenvalue weighted by molar-refractivity contribution is 5.94. The molecule has 24 heavy (non-hydrogen) atoms. The molecule has 0 spiro atoms. The topological polar surface area (TPSA) is 73.8 Å². The summed E-state index contributed by atoms with van der Waals surface area (Å²) in [6, 6.07) is 6.92. The first kappa shape index (κ1) is 14.6. The molecule has 4 rings (SSSR count). The van der Waals surface area contributed by atoms with Gasteiger partial charge in [0.1, 0.15) is 0 Å². The van der Waals surface area contributed by atoms with Crippen molar-refractivity contribution in [3.05, 3.63) is 41.6 Å². The van der Waals surface area contributed by atoms with Crippen LogP contribution in [0.5, 0.6) is 23.0 Å². The third-order valence-corrected chi connectivity index (χ3v) is 4.81. The van der Waals surface area contributed by atoms with Crippen LogP contribution in [0.25, 0.3) is 22.0 Å². The van der Waals surface area contributed by atoms with E-state index in [1.54, 1.807) is 18.2 Å². The summed E-state index contributed by atoms with van der Waals surface area (Å²) >= 11 is 0. The van der Waals surface area contributed by atoms with Gasteiger partial charge in [0.15, 0.2) is 35.7 Å². The van der Waals surface area contributed by atoms with E-state index in [0.717, 1.165) is 46.1 Å². The van der Waals surface area contributed by atoms with Crippen LogP contribution in [0.4, 0.5) is 0 Å². The van der Waals surface area contributed by atoms with Crippen molar-refractivity contribution in [1.29, 1.82) is 0 Å². The number of rotatable bonds is 1. The highest BCUT2D eigenvalue weighted by Gasteiger charge is 2.29. The van der Waals surface area contributed by atoms with Crippen molar-refractivity contribution in [2.75, 3.05) is 7.11 Å². The highest BCUT2D eigenvalue weighted by atomic mass is 16.5. The second kappa shape index (κ2) is 5.03. The molecule has 0 saturated carbocycles. The first-order chi connectivity index (χ1) is 11.5. The van der Waals surface area contributed by atoms with Gasteiger partial charge in [-0.25, -0.2) is 0 Å². The van der Waals surface area contributed by atoms with Crippen LogP contribution in [0.1, 0.15) is 11.1 Å². The van der Waals surface area contributed by atoms with Crippen LogP contribution in [0.15, 0.2) is 30.5 Å². The number of aromatic nitrogens is 1. The van der Waals surface area contributed by atoms with Crippen molar-refractivity contribution in [3.63, 3.8) is 0 Å². The van der Waals surface area contributed by atoms with Crippen molar-refractivity contribution in [2.24, 2.45) is 0 Å². The molecule has 0 radical (unpaired) electrons. The lowest BCUT2D eigenvalue weighted by molar-refractivity contribution is -0.686. The van der Waals surface area contributed by atoms with Crippen LogP contribution in [-0.4, -0.2) is 22.4 Å². The maximum atomic E-state index is 10.4. The molecule has 0 amide bonds. The maximum absolute atomic E-state index is 10.4. The van der Waals surface area contributed by atoms with Gasteiger partial charge in [-0.15, -0.1) is 0 Å². The van der Waals surface area contributed by atoms with Crippen LogP contribution >= 0.6 is 0 Å². The third kappa shape index (κ3) is 1.91. The zero-order chi connectivity index (χ0) is 17.0. The van der Waals surface area contributed by atoms with E-state index in [4.69, 9.17) is 4.74 Å². The summed E-state index contributed by atoms with van der Waals surface area (Å²) in [7, 11) is 1.53. The molecule has 5 nitrogen and oxygen atoms in total. The first-order valence-corrected chi connectivity index (χ1v) is 7.79. The van der Waals surface area contributed by atoms with E-state index in [1.165, 1.54) is 7.11 Å². The van der Waals surface area contributed by atoms with Crippen LogP contribution in [0.3, 0.4) is 0 Å². The van der Waals surface area contributed by atoms with Gasteiger partial charge in [-0.05, 0) is 36.8 Å². The molecule has 0 saturated heterocycles. The zero-order valence-electron chi connectivity index (χ0n) is 13.5. The van der Waals surface area contributed by atoms with E-state index in [-0.39, 0.29) is 17.2 Å². The molecule has 1 aliphatic rings. The van der Waals surface area contributed by atoms with Gasteiger partial charge in [0.2, 0.25) is 5.69 Å². The number of hydrogen-bond donors (Lipinski definition) is 3. The average molecular weight is 324 g/mol. The lowest BCUT2D eigenvalue weighted by atomic mass is 9.92. The molecule has 0 unspecified atom stereocenters. The van der Waals surface area contributed by atoms with E-state index in [9.17, 15) is 15.3 Å². The largest absolute Gasteiger partial charge is 0.504 e. The predicted molar refractivity (Wildman–Crippen MR) is 89.6 cm³/mol. The summed E-state index contributed by atoms with van der Waals surface area (Å²) in [5.74, 6) is 0.358. The minimum Gasteiger partial charge on any atom is -0.504 e. The number of phenolic OH excluding ortho intramolecular Hbond substituents is 3. The number of methoxy groups -OCH3 is 1. The molecule has 2 aromatic carbocycles. The number of ether oxygens (including phenoxy) is 1. The molecule has 0 bridgehead atoms. The number of hydrogen-bond acceptors (Lipinski definition) is 4. The zero-order valence-corrected chi connectivity index (χ0v) is 13.5. The maximum Gasteiger partial charge on any atom is 0.216 e. The fourth-order valence-electron chi connectivity index (χ4n) is 3.60. The number of aryl methyl sites for hydroxylation is 3. The summed E-state index contributed by atoms with van der Waals surface area (Å²) in [5.41, 5.74) is 3.91. The molecule has 0 atom stereocenters. The fraction of sp³-hybridized carbons (Fsp3) is 0.211. The normalized spacial score (nSPS) is 12.8. The van der Waals surface area contributed by atoms with Gasteiger partial charge in [0.25, 0.3) is 0 Å². The molecule has 5 heteroatoms. The number of phenols is 3. The van der Waals surface area contributed by atoms with Gasteiger partial charge < -0.3 is 20.1 Å². The molecular weight excluding hydrogens is 306 g/mol. The Bertz CT molecular complexity index is 995. The van der Waals surface area contributed by atoms with Gasteiger partial charge in [-0.1, -0.05) is 0 Å². The molecule has 0 fully saturated rings. The lowest BCUT2D eigenvalue weighted by Gasteiger charge is -2.19. The van der Waals surface area contributed by atoms with E-state index in [2.05, 4.69) is 4.57 Å². The van der Waals surface area contributed by atoms with Crippen molar-refractivity contribution in [3.8, 4) is 34.3 Å². The molecule has 3 aromatic rings. The Morgan fingerprint density at radius 2 is 1.79 bits per heavy atom. The number of pyridine rings is 1. The summed E-state index contributed by atoms with van der Waals surface area (Å²) < 4.78 is 7.28. The van der Waals surface area contributed by atoms with Crippen LogP contribution in [0, 0.1) is 6.92 Å². The van der Waals surface area contributed by atoms with Crippen molar-refractivity contribution >= 4 is 10.8 Å². The summed E-state index contributed by atoms with van der Waals surface area (Å²) in [5, 5.41) is 31.8. The molecule has 3 N–H and O–H groups in total. The third-order valence-electron chi connectivity index (χ3n) is 4.81. The van der Waals surface area contributed by atoms with Gasteiger partial charge in [0, 0.05) is 17.4 Å². The Morgan fingerprint density at radius 3 is 2.54 bits per heavy atom. The monoisotopic (exact) mass is 324 g/mol. The van der Waals surface area contributed by atoms with Gasteiger partial charge in [-0.3, -0.25) is 0 Å². The second-order valence-corrected chi connectivity index (χ2v) is 6.12. The number of fused-ring (bicyclic) bond motifs is 4. The van der Waals surface area contributed by atoms with Crippen molar-refractivity contribution in [1.82, 2.24) is 0 Å². The lowest BCUT2D eigenvalue weighted by Crippen LogP contribution is -2.40. The smallest absolute Gasteiger partial charge is 0.216 e. The van der Waals surface area contributed by atoms with E-state index >= 15 is 0 Å². The van der Waals surface area contributed by atoms with E-state index in [1.807, 2.05) is 19.2 Å². The standard InChI is InChI=1S/C19H17NO4/c1-10-12-3-4-17(24-2)19(23)14(12)9-20-6-5-11-7-15(21)16(22)8-13(11)18(10)20/h3-4,7-9H,5-6H2,1-2H3,(H2,21,22,23)/p+1. The average Bonchev–Trinajstić information content (AvgIpc) is 2.57. The molecule has 1 aliphatic heterocycles. The highest BCUT2D eigenvalue weighted by Crippen LogP contribution is 2.40. The van der Waals surface area contributed by atoms with Gasteiger partial charge >= 0.3 is 0 Å².